The summed E-state index contributed by atoms with van der Waals surface area (Å²) in [6, 6.07) is 7.90. The number of benzene rings is 1. The molecule has 0 atom stereocenters. The van der Waals surface area contributed by atoms with E-state index in [1.165, 1.54) is 16.7 Å². The Bertz CT molecular complexity index is 602. The highest BCUT2D eigenvalue weighted by Crippen LogP contribution is 2.19. The number of halogens is 1. The van der Waals surface area contributed by atoms with Crippen LogP contribution in [0.25, 0.3) is 0 Å². The molecule has 4 heteroatoms. The molecule has 0 radical (unpaired) electrons. The zero-order valence-corrected chi connectivity index (χ0v) is 11.9. The molecule has 3 nitrogen and oxygen atoms in total. The van der Waals surface area contributed by atoms with Gasteiger partial charge in [-0.15, -0.1) is 0 Å². The van der Waals surface area contributed by atoms with Crippen LogP contribution in [0.4, 0.5) is 0 Å². The van der Waals surface area contributed by atoms with E-state index in [-0.39, 0.29) is 0 Å². The Morgan fingerprint density at radius 3 is 2.67 bits per heavy atom. The lowest BCUT2D eigenvalue weighted by atomic mass is 10.1. The molecule has 0 spiro atoms. The second-order valence-electron chi connectivity index (χ2n) is 4.41. The lowest BCUT2D eigenvalue weighted by molar-refractivity contribution is 0.0697. The number of hydrogen-bond acceptors (Lipinski definition) is 1. The maximum Gasteiger partial charge on any atom is 0.337 e. The molecule has 0 saturated heterocycles. The first kappa shape index (κ1) is 12.9. The molecule has 0 bridgehead atoms. The van der Waals surface area contributed by atoms with Crippen molar-refractivity contribution in [3.8, 4) is 0 Å². The Morgan fingerprint density at radius 2 is 2.06 bits per heavy atom. The minimum Gasteiger partial charge on any atom is -0.478 e. The van der Waals surface area contributed by atoms with Gasteiger partial charge >= 0.3 is 5.97 Å². The Balaban J connectivity index is 2.34. The van der Waals surface area contributed by atoms with Gasteiger partial charge < -0.3 is 9.67 Å². The number of aromatic carboxylic acids is 1. The van der Waals surface area contributed by atoms with E-state index in [1.54, 1.807) is 12.3 Å². The van der Waals surface area contributed by atoms with Crippen molar-refractivity contribution >= 4 is 21.9 Å². The van der Waals surface area contributed by atoms with Gasteiger partial charge in [-0.25, -0.2) is 4.79 Å². The molecule has 0 aliphatic rings. The molecule has 1 aromatic heterocycles. The Labute approximate surface area is 114 Å². The lowest BCUT2D eigenvalue weighted by Crippen LogP contribution is -2.01. The highest BCUT2D eigenvalue weighted by molar-refractivity contribution is 9.10. The van der Waals surface area contributed by atoms with Crippen LogP contribution in [0.15, 0.2) is 35.1 Å². The van der Waals surface area contributed by atoms with Gasteiger partial charge in [-0.3, -0.25) is 0 Å². The number of carboxylic acid groups (broad SMARTS) is 1. The third kappa shape index (κ3) is 2.64. The maximum atomic E-state index is 10.9. The summed E-state index contributed by atoms with van der Waals surface area (Å²) in [6.07, 6.45) is 1.65. The normalized spacial score (nSPS) is 10.6. The van der Waals surface area contributed by atoms with Gasteiger partial charge in [0.25, 0.3) is 0 Å². The summed E-state index contributed by atoms with van der Waals surface area (Å²) in [7, 11) is 0. The van der Waals surface area contributed by atoms with Crippen molar-refractivity contribution in [2.45, 2.75) is 20.4 Å². The van der Waals surface area contributed by atoms with E-state index in [0.717, 1.165) is 4.60 Å². The van der Waals surface area contributed by atoms with Gasteiger partial charge in [0.05, 0.1) is 10.2 Å². The van der Waals surface area contributed by atoms with E-state index in [9.17, 15) is 4.79 Å². The fraction of sp³-hybridized carbons (Fsp3) is 0.214. The van der Waals surface area contributed by atoms with Crippen LogP contribution in [0.2, 0.25) is 0 Å². The third-order valence-electron chi connectivity index (χ3n) is 2.94. The second kappa shape index (κ2) is 4.98. The van der Waals surface area contributed by atoms with Crippen molar-refractivity contribution in [3.63, 3.8) is 0 Å². The van der Waals surface area contributed by atoms with Crippen molar-refractivity contribution in [1.82, 2.24) is 4.57 Å². The minimum atomic E-state index is -0.907. The molecular formula is C14H14BrNO2. The largest absolute Gasteiger partial charge is 0.478 e. The van der Waals surface area contributed by atoms with E-state index < -0.39 is 5.97 Å². The van der Waals surface area contributed by atoms with Crippen LogP contribution in [0.1, 0.15) is 27.0 Å². The molecule has 0 fully saturated rings. The van der Waals surface area contributed by atoms with Crippen molar-refractivity contribution in [2.75, 3.05) is 0 Å². The Morgan fingerprint density at radius 1 is 1.33 bits per heavy atom. The van der Waals surface area contributed by atoms with Gasteiger partial charge in [-0.2, -0.15) is 0 Å². The van der Waals surface area contributed by atoms with Gasteiger partial charge in [0.1, 0.15) is 0 Å². The SMILES string of the molecule is Cc1ccc(C)c(Cn2cc(C(=O)O)cc2Br)c1. The first-order valence-corrected chi connectivity index (χ1v) is 6.42. The molecule has 0 aliphatic heterocycles. The third-order valence-corrected chi connectivity index (χ3v) is 3.62. The van der Waals surface area contributed by atoms with Crippen LogP contribution in [0.3, 0.4) is 0 Å². The molecule has 0 unspecified atom stereocenters. The predicted octanol–water partition coefficient (Wildman–Crippen LogP) is 3.61. The van der Waals surface area contributed by atoms with Crippen molar-refractivity contribution in [1.29, 1.82) is 0 Å². The standard InChI is InChI=1S/C14H14BrNO2/c1-9-3-4-10(2)11(5-9)7-16-8-12(14(17)18)6-13(16)15/h3-6,8H,7H2,1-2H3,(H,17,18). The molecule has 18 heavy (non-hydrogen) atoms. The molecule has 1 aromatic carbocycles. The van der Waals surface area contributed by atoms with Crippen LogP contribution < -0.4 is 0 Å². The average molecular weight is 308 g/mol. The van der Waals surface area contributed by atoms with E-state index in [0.29, 0.717) is 12.1 Å². The zero-order valence-electron chi connectivity index (χ0n) is 10.3. The van der Waals surface area contributed by atoms with Crippen LogP contribution in [-0.4, -0.2) is 15.6 Å². The molecule has 1 heterocycles. The van der Waals surface area contributed by atoms with E-state index in [2.05, 4.69) is 48.0 Å². The van der Waals surface area contributed by atoms with Gasteiger partial charge in [0.15, 0.2) is 0 Å². The number of carboxylic acids is 1. The van der Waals surface area contributed by atoms with Crippen LogP contribution >= 0.6 is 15.9 Å². The summed E-state index contributed by atoms with van der Waals surface area (Å²) in [5.74, 6) is -0.907. The molecule has 2 aromatic rings. The second-order valence-corrected chi connectivity index (χ2v) is 5.23. The molecule has 0 saturated carbocycles. The van der Waals surface area contributed by atoms with Crippen LogP contribution in [0.5, 0.6) is 0 Å². The average Bonchev–Trinajstić information content (AvgIpc) is 2.66. The molecule has 0 amide bonds. The summed E-state index contributed by atoms with van der Waals surface area (Å²) in [6.45, 7) is 4.78. The van der Waals surface area contributed by atoms with Crippen LogP contribution in [0, 0.1) is 13.8 Å². The van der Waals surface area contributed by atoms with Crippen molar-refractivity contribution < 1.29 is 9.90 Å². The first-order valence-electron chi connectivity index (χ1n) is 5.62. The highest BCUT2D eigenvalue weighted by atomic mass is 79.9. The molecular weight excluding hydrogens is 294 g/mol. The number of aryl methyl sites for hydroxylation is 2. The van der Waals surface area contributed by atoms with Crippen LogP contribution in [-0.2, 0) is 6.54 Å². The van der Waals surface area contributed by atoms with Crippen molar-refractivity contribution in [2.24, 2.45) is 0 Å². The summed E-state index contributed by atoms with van der Waals surface area (Å²) >= 11 is 3.39. The fourth-order valence-corrected chi connectivity index (χ4v) is 2.34. The quantitative estimate of drug-likeness (QED) is 0.941. The van der Waals surface area contributed by atoms with Gasteiger partial charge in [-0.05, 0) is 47.0 Å². The monoisotopic (exact) mass is 307 g/mol. The summed E-state index contributed by atoms with van der Waals surface area (Å²) in [5.41, 5.74) is 3.91. The Hall–Kier alpha value is -1.55. The lowest BCUT2D eigenvalue weighted by Gasteiger charge is -2.09. The molecule has 94 valence electrons. The number of aromatic nitrogens is 1. The number of hydrogen-bond donors (Lipinski definition) is 1. The fourth-order valence-electron chi connectivity index (χ4n) is 1.87. The first-order chi connectivity index (χ1) is 8.47. The van der Waals surface area contributed by atoms with Gasteiger partial charge in [0, 0.05) is 12.7 Å². The summed E-state index contributed by atoms with van der Waals surface area (Å²) < 4.78 is 2.67. The highest BCUT2D eigenvalue weighted by Gasteiger charge is 2.10. The van der Waals surface area contributed by atoms with E-state index in [4.69, 9.17) is 5.11 Å². The number of carbonyl (C=O) groups is 1. The predicted molar refractivity (Wildman–Crippen MR) is 74.1 cm³/mol. The summed E-state index contributed by atoms with van der Waals surface area (Å²) in [4.78, 5) is 10.9. The smallest absolute Gasteiger partial charge is 0.337 e. The van der Waals surface area contributed by atoms with Crippen molar-refractivity contribution in [3.05, 3.63) is 57.3 Å². The summed E-state index contributed by atoms with van der Waals surface area (Å²) in [5, 5.41) is 8.95. The van der Waals surface area contributed by atoms with Gasteiger partial charge in [0.2, 0.25) is 0 Å². The molecule has 1 N–H and O–H groups in total. The maximum absolute atomic E-state index is 10.9. The zero-order chi connectivity index (χ0) is 13.3. The van der Waals surface area contributed by atoms with E-state index >= 15 is 0 Å². The van der Waals surface area contributed by atoms with E-state index in [1.807, 2.05) is 4.57 Å². The molecule has 0 aliphatic carbocycles. The number of rotatable bonds is 3. The minimum absolute atomic E-state index is 0.298. The van der Waals surface area contributed by atoms with Gasteiger partial charge in [-0.1, -0.05) is 23.8 Å². The Kier molecular flexibility index (Phi) is 3.57. The number of nitrogens with zero attached hydrogens (tertiary/aromatic N) is 1. The molecule has 2 rings (SSSR count). The topological polar surface area (TPSA) is 42.2 Å².